The van der Waals surface area contributed by atoms with E-state index >= 15 is 0 Å². The van der Waals surface area contributed by atoms with Crippen LogP contribution in [-0.2, 0) is 14.3 Å². The van der Waals surface area contributed by atoms with Gasteiger partial charge < -0.3 is 14.4 Å². The summed E-state index contributed by atoms with van der Waals surface area (Å²) in [4.78, 5) is 25.6. The van der Waals surface area contributed by atoms with E-state index in [1.807, 2.05) is 0 Å². The van der Waals surface area contributed by atoms with Gasteiger partial charge in [0.05, 0.1) is 18.1 Å². The molecule has 1 aromatic carbocycles. The molecule has 0 radical (unpaired) electrons. The fourth-order valence-corrected chi connectivity index (χ4v) is 2.69. The summed E-state index contributed by atoms with van der Waals surface area (Å²) < 4.78 is 10.2. The summed E-state index contributed by atoms with van der Waals surface area (Å²) >= 11 is 11.8. The molecule has 1 saturated carbocycles. The standard InChI is InChI=1S/C16H19Cl2NO4/c1-10(16(21)22-2)8-19(12-4-5-12)15(20)9-23-14-6-3-11(17)7-13(14)18/h3,6-7,10,12H,4-5,8-9H2,1-2H3. The fourth-order valence-electron chi connectivity index (χ4n) is 2.23. The summed E-state index contributed by atoms with van der Waals surface area (Å²) in [6, 6.07) is 5.00. The van der Waals surface area contributed by atoms with E-state index in [2.05, 4.69) is 0 Å². The predicted molar refractivity (Wildman–Crippen MR) is 87.9 cm³/mol. The SMILES string of the molecule is COC(=O)C(C)CN(C(=O)COc1ccc(Cl)cc1Cl)C1CC1. The minimum absolute atomic E-state index is 0.133. The summed E-state index contributed by atoms with van der Waals surface area (Å²) in [5.41, 5.74) is 0. The maximum atomic E-state index is 12.4. The zero-order valence-electron chi connectivity index (χ0n) is 13.1. The van der Waals surface area contributed by atoms with E-state index in [0.717, 1.165) is 12.8 Å². The topological polar surface area (TPSA) is 55.8 Å². The van der Waals surface area contributed by atoms with Crippen molar-refractivity contribution in [1.29, 1.82) is 0 Å². The summed E-state index contributed by atoms with van der Waals surface area (Å²) in [5, 5.41) is 0.853. The molecule has 0 aromatic heterocycles. The lowest BCUT2D eigenvalue weighted by Gasteiger charge is -2.25. The number of ether oxygens (including phenoxy) is 2. The largest absolute Gasteiger partial charge is 0.482 e. The number of methoxy groups -OCH3 is 1. The summed E-state index contributed by atoms with van der Waals surface area (Å²) in [6.07, 6.45) is 1.89. The van der Waals surface area contributed by atoms with Gasteiger partial charge in [-0.05, 0) is 31.0 Å². The Kier molecular flexibility index (Phi) is 6.13. The normalized spacial score (nSPS) is 15.0. The van der Waals surface area contributed by atoms with Crippen LogP contribution >= 0.6 is 23.2 Å². The van der Waals surface area contributed by atoms with Gasteiger partial charge >= 0.3 is 5.97 Å². The van der Waals surface area contributed by atoms with Crippen molar-refractivity contribution >= 4 is 35.1 Å². The van der Waals surface area contributed by atoms with E-state index in [0.29, 0.717) is 22.3 Å². The van der Waals surface area contributed by atoms with Crippen molar-refractivity contribution in [2.24, 2.45) is 5.92 Å². The predicted octanol–water partition coefficient (Wildman–Crippen LogP) is 3.17. The van der Waals surface area contributed by atoms with E-state index in [1.54, 1.807) is 30.0 Å². The summed E-state index contributed by atoms with van der Waals surface area (Å²) in [7, 11) is 1.34. The number of hydrogen-bond donors (Lipinski definition) is 0. The second-order valence-corrected chi connectivity index (χ2v) is 6.41. The van der Waals surface area contributed by atoms with E-state index in [-0.39, 0.29) is 30.4 Å². The Bertz CT molecular complexity index is 589. The van der Waals surface area contributed by atoms with Crippen LogP contribution in [0.2, 0.25) is 10.0 Å². The van der Waals surface area contributed by atoms with Crippen molar-refractivity contribution in [2.45, 2.75) is 25.8 Å². The third-order valence-corrected chi connectivity index (χ3v) is 4.16. The lowest BCUT2D eigenvalue weighted by atomic mass is 10.1. The molecule has 1 aliphatic carbocycles. The Morgan fingerprint density at radius 2 is 2.04 bits per heavy atom. The first-order valence-corrected chi connectivity index (χ1v) is 8.13. The molecule has 126 valence electrons. The zero-order valence-corrected chi connectivity index (χ0v) is 14.6. The van der Waals surface area contributed by atoms with Crippen LogP contribution in [0.1, 0.15) is 19.8 Å². The van der Waals surface area contributed by atoms with Crippen molar-refractivity contribution in [1.82, 2.24) is 4.90 Å². The Morgan fingerprint density at radius 3 is 2.61 bits per heavy atom. The molecule has 0 N–H and O–H groups in total. The van der Waals surface area contributed by atoms with Crippen LogP contribution in [0.5, 0.6) is 5.75 Å². The van der Waals surface area contributed by atoms with Crippen LogP contribution in [0.4, 0.5) is 0 Å². The average molecular weight is 360 g/mol. The summed E-state index contributed by atoms with van der Waals surface area (Å²) in [6.45, 7) is 1.94. The van der Waals surface area contributed by atoms with Crippen LogP contribution in [0.15, 0.2) is 18.2 Å². The smallest absolute Gasteiger partial charge is 0.310 e. The number of carbonyl (C=O) groups excluding carboxylic acids is 2. The van der Waals surface area contributed by atoms with E-state index in [4.69, 9.17) is 32.7 Å². The van der Waals surface area contributed by atoms with Gasteiger partial charge in [0.1, 0.15) is 5.75 Å². The molecule has 0 saturated heterocycles. The number of carbonyl (C=O) groups is 2. The van der Waals surface area contributed by atoms with Gasteiger partial charge in [-0.15, -0.1) is 0 Å². The minimum Gasteiger partial charge on any atom is -0.482 e. The molecule has 1 fully saturated rings. The second kappa shape index (κ2) is 7.88. The number of amides is 1. The zero-order chi connectivity index (χ0) is 17.0. The fraction of sp³-hybridized carbons (Fsp3) is 0.500. The molecule has 0 heterocycles. The van der Waals surface area contributed by atoms with Crippen LogP contribution in [0.3, 0.4) is 0 Å². The Labute approximate surface area is 145 Å². The first-order valence-electron chi connectivity index (χ1n) is 7.37. The number of halogens is 2. The van der Waals surface area contributed by atoms with E-state index in [9.17, 15) is 9.59 Å². The Hall–Kier alpha value is -1.46. The van der Waals surface area contributed by atoms with E-state index < -0.39 is 0 Å². The van der Waals surface area contributed by atoms with Crippen molar-refractivity contribution in [3.05, 3.63) is 28.2 Å². The van der Waals surface area contributed by atoms with Gasteiger partial charge in [-0.1, -0.05) is 30.1 Å². The monoisotopic (exact) mass is 359 g/mol. The van der Waals surface area contributed by atoms with Gasteiger partial charge in [0.25, 0.3) is 5.91 Å². The molecule has 1 aliphatic rings. The molecular formula is C16H19Cl2NO4. The van der Waals surface area contributed by atoms with Crippen molar-refractivity contribution in [3.8, 4) is 5.75 Å². The lowest BCUT2D eigenvalue weighted by molar-refractivity contribution is -0.146. The van der Waals surface area contributed by atoms with Crippen molar-refractivity contribution < 1.29 is 19.1 Å². The number of esters is 1. The van der Waals surface area contributed by atoms with Gasteiger partial charge in [-0.25, -0.2) is 0 Å². The maximum absolute atomic E-state index is 12.4. The van der Waals surface area contributed by atoms with Crippen LogP contribution in [-0.4, -0.2) is 43.1 Å². The molecule has 7 heteroatoms. The summed E-state index contributed by atoms with van der Waals surface area (Å²) in [5.74, 6) is -0.468. The molecular weight excluding hydrogens is 341 g/mol. The molecule has 0 aliphatic heterocycles. The van der Waals surface area contributed by atoms with Gasteiger partial charge in [-0.2, -0.15) is 0 Å². The molecule has 1 amide bonds. The Morgan fingerprint density at radius 1 is 1.35 bits per heavy atom. The first kappa shape index (κ1) is 17.9. The highest BCUT2D eigenvalue weighted by molar-refractivity contribution is 6.35. The quantitative estimate of drug-likeness (QED) is 0.701. The highest BCUT2D eigenvalue weighted by Crippen LogP contribution is 2.29. The Balaban J connectivity index is 1.94. The molecule has 0 bridgehead atoms. The van der Waals surface area contributed by atoms with Crippen LogP contribution < -0.4 is 4.74 Å². The van der Waals surface area contributed by atoms with Gasteiger partial charge in [0.2, 0.25) is 0 Å². The highest BCUT2D eigenvalue weighted by atomic mass is 35.5. The molecule has 0 spiro atoms. The molecule has 1 atom stereocenters. The van der Waals surface area contributed by atoms with E-state index in [1.165, 1.54) is 7.11 Å². The average Bonchev–Trinajstić information content (AvgIpc) is 3.35. The third-order valence-electron chi connectivity index (χ3n) is 3.63. The maximum Gasteiger partial charge on any atom is 0.310 e. The molecule has 23 heavy (non-hydrogen) atoms. The van der Waals surface area contributed by atoms with Gasteiger partial charge in [0.15, 0.2) is 6.61 Å². The molecule has 2 rings (SSSR count). The molecule has 5 nitrogen and oxygen atoms in total. The van der Waals surface area contributed by atoms with Crippen LogP contribution in [0, 0.1) is 5.92 Å². The highest BCUT2D eigenvalue weighted by Gasteiger charge is 2.34. The number of hydrogen-bond acceptors (Lipinski definition) is 4. The van der Waals surface area contributed by atoms with Gasteiger partial charge in [-0.3, -0.25) is 9.59 Å². The number of benzene rings is 1. The number of rotatable bonds is 7. The van der Waals surface area contributed by atoms with Crippen LogP contribution in [0.25, 0.3) is 0 Å². The van der Waals surface area contributed by atoms with Crippen molar-refractivity contribution in [3.63, 3.8) is 0 Å². The van der Waals surface area contributed by atoms with Gasteiger partial charge in [0, 0.05) is 17.6 Å². The molecule has 1 aromatic rings. The lowest BCUT2D eigenvalue weighted by Crippen LogP contribution is -2.41. The third kappa shape index (κ3) is 5.01. The molecule has 1 unspecified atom stereocenters. The number of nitrogens with zero attached hydrogens (tertiary/aromatic N) is 1. The second-order valence-electron chi connectivity index (χ2n) is 5.56. The minimum atomic E-state index is -0.372. The van der Waals surface area contributed by atoms with Crippen molar-refractivity contribution in [2.75, 3.05) is 20.3 Å². The first-order chi connectivity index (χ1) is 10.9.